The Labute approximate surface area is 848 Å². The Morgan fingerprint density at radius 2 is 0.772 bits per heavy atom. The van der Waals surface area contributed by atoms with Crippen LogP contribution in [-0.4, -0.2) is 181 Å². The van der Waals surface area contributed by atoms with E-state index in [2.05, 4.69) is 119 Å². The number of aromatic nitrogens is 19. The molecule has 0 atom stereocenters. The highest BCUT2D eigenvalue weighted by Crippen LogP contribution is 2.38. The molecule has 1 amide bonds. The SMILES string of the molecule is CCc1cc(C(=O)O)nc2c(Cl)c(-c3ccc([N+](=O)[O-])cc3F)nn12.CCc1cc(C(=O)O)nc2c(F)c(-c3ccc([N+](=O)[O-])cc3F)nn12.CCc1cc(C(=O)O)nc2cc(-c3c(F)cc(Br)cc3F)nn12.CCc1cc(C(=O)O)nc2cc(-c3ccc(Br)cc3Cl)nn12.CCc1cc(C(=O)O)nc2cc(-c3ccc(Br)nc3)nn12.CCc1cc(C(=O)O)nc2cc(-c3ccc(NC(=O)OC(C)(C)C)cc3C)nn12. The number of carboxylic acid groups (broad SMARTS) is 6. The molecule has 50 heteroatoms. The van der Waals surface area contributed by atoms with E-state index in [4.69, 9.17) is 53.5 Å². The summed E-state index contributed by atoms with van der Waals surface area (Å²) in [6.07, 6.45) is 4.39. The van der Waals surface area contributed by atoms with Gasteiger partial charge in [-0.25, -0.2) is 117 Å². The number of pyridine rings is 1. The second-order valence-corrected chi connectivity index (χ2v) is 35.4. The zero-order valence-corrected chi connectivity index (χ0v) is 83.4. The van der Waals surface area contributed by atoms with E-state index >= 15 is 0 Å². The van der Waals surface area contributed by atoms with Crippen LogP contribution in [0.4, 0.5) is 43.8 Å². The Hall–Kier alpha value is -16.5. The molecule has 5 aromatic carbocycles. The third kappa shape index (κ3) is 23.8. The maximum Gasteiger partial charge on any atom is 0.412 e. The van der Waals surface area contributed by atoms with Crippen LogP contribution in [0, 0.1) is 56.2 Å². The number of amides is 1. The maximum absolute atomic E-state index is 14.7. The molecule has 13 heterocycles. The molecule has 40 nitrogen and oxygen atoms in total. The Bertz CT molecular complexity index is 8090. The first-order chi connectivity index (χ1) is 68.7. The number of rotatable bonds is 21. The van der Waals surface area contributed by atoms with Gasteiger partial charge in [-0.3, -0.25) is 25.5 Å². The average molecular weight is 2220 g/mol. The van der Waals surface area contributed by atoms with Crippen LogP contribution in [0.5, 0.6) is 0 Å². The number of nitrogens with one attached hydrogen (secondary N) is 1. The molecule has 0 saturated carbocycles. The van der Waals surface area contributed by atoms with E-state index in [1.165, 1.54) is 51.5 Å². The van der Waals surface area contributed by atoms with Crippen molar-refractivity contribution < 1.29 is 101 Å². The van der Waals surface area contributed by atoms with Gasteiger partial charge in [0.05, 0.1) is 49.6 Å². The molecule has 18 rings (SSSR count). The van der Waals surface area contributed by atoms with Gasteiger partial charge in [-0.2, -0.15) is 30.6 Å². The van der Waals surface area contributed by atoms with Crippen molar-refractivity contribution in [2.24, 2.45) is 0 Å². The van der Waals surface area contributed by atoms with E-state index in [9.17, 15) is 80.8 Å². The monoisotopic (exact) mass is 2210 g/mol. The number of aromatic carboxylic acids is 6. The number of carbonyl (C=O) groups is 7. The number of hydrogen-bond donors (Lipinski definition) is 7. The quantitative estimate of drug-likeness (QED) is 0.0152. The van der Waals surface area contributed by atoms with Crippen molar-refractivity contribution in [2.75, 3.05) is 5.32 Å². The number of hydrogen-bond acceptors (Lipinski definition) is 25. The number of nitrogens with zero attached hydrogens (tertiary/aromatic N) is 21. The average Bonchev–Trinajstić information content (AvgIpc) is 1.61. The van der Waals surface area contributed by atoms with Crippen molar-refractivity contribution in [3.8, 4) is 67.5 Å². The molecule has 0 aliphatic carbocycles. The van der Waals surface area contributed by atoms with Gasteiger partial charge in [0.15, 0.2) is 73.9 Å². The number of nitro groups is 2. The highest BCUT2D eigenvalue weighted by molar-refractivity contribution is 9.11. The van der Waals surface area contributed by atoms with E-state index in [0.29, 0.717) is 106 Å². The molecular weight excluding hydrogens is 2140 g/mol. The molecule has 0 bridgehead atoms. The van der Waals surface area contributed by atoms with E-state index in [1.807, 2.05) is 71.0 Å². The van der Waals surface area contributed by atoms with E-state index in [1.54, 1.807) is 90.8 Å². The molecule has 0 radical (unpaired) electrons. The molecular formula is C95H76Br3Cl2F5N22O18. The number of anilines is 1. The van der Waals surface area contributed by atoms with Gasteiger partial charge in [0.1, 0.15) is 55.6 Å². The van der Waals surface area contributed by atoms with Crippen molar-refractivity contribution in [3.63, 3.8) is 0 Å². The lowest BCUT2D eigenvalue weighted by Gasteiger charge is -2.19. The molecule has 0 fully saturated rings. The van der Waals surface area contributed by atoms with Crippen molar-refractivity contribution in [1.29, 1.82) is 0 Å². The summed E-state index contributed by atoms with van der Waals surface area (Å²) in [6.45, 7) is 18.5. The minimum absolute atomic E-state index is 0.00516. The fourth-order valence-electron chi connectivity index (χ4n) is 14.4. The van der Waals surface area contributed by atoms with Gasteiger partial charge in [0.2, 0.25) is 0 Å². The van der Waals surface area contributed by atoms with E-state index < -0.39 is 104 Å². The lowest BCUT2D eigenvalue weighted by atomic mass is 10.1. The Balaban J connectivity index is 0.000000146. The van der Waals surface area contributed by atoms with Gasteiger partial charge in [0.25, 0.3) is 11.4 Å². The number of carbonyl (C=O) groups excluding carboxylic acids is 1. The van der Waals surface area contributed by atoms with Gasteiger partial charge in [-0.05, 0) is 185 Å². The number of ether oxygens (including phenoxy) is 1. The fourth-order valence-corrected chi connectivity index (χ4v) is 16.0. The summed E-state index contributed by atoms with van der Waals surface area (Å²) in [4.78, 5) is 127. The lowest BCUT2D eigenvalue weighted by molar-refractivity contribution is -0.385. The van der Waals surface area contributed by atoms with Crippen LogP contribution in [-0.2, 0) is 43.3 Å². The van der Waals surface area contributed by atoms with Crippen LogP contribution in [0.2, 0.25) is 10.0 Å². The number of benzene rings is 5. The molecule has 145 heavy (non-hydrogen) atoms. The summed E-state index contributed by atoms with van der Waals surface area (Å²) in [5.41, 5.74) is 8.23. The predicted octanol–water partition coefficient (Wildman–Crippen LogP) is 21.1. The lowest BCUT2D eigenvalue weighted by Crippen LogP contribution is -2.27. The van der Waals surface area contributed by atoms with Gasteiger partial charge in [-0.1, -0.05) is 109 Å². The Morgan fingerprint density at radius 1 is 0.407 bits per heavy atom. The first kappa shape index (κ1) is 106. The molecule has 744 valence electrons. The van der Waals surface area contributed by atoms with Crippen molar-refractivity contribution in [2.45, 2.75) is 113 Å². The molecule has 0 unspecified atom stereocenters. The van der Waals surface area contributed by atoms with Gasteiger partial charge >= 0.3 is 41.9 Å². The summed E-state index contributed by atoms with van der Waals surface area (Å²) >= 11 is 22.2. The van der Waals surface area contributed by atoms with Crippen molar-refractivity contribution in [1.82, 2.24) is 92.6 Å². The molecule has 0 saturated heterocycles. The van der Waals surface area contributed by atoms with Crippen LogP contribution in [0.1, 0.15) is 165 Å². The number of nitro benzene ring substituents is 2. The molecule has 18 aromatic rings. The molecule has 0 aliphatic rings. The van der Waals surface area contributed by atoms with Crippen LogP contribution in [0.15, 0.2) is 177 Å². The minimum Gasteiger partial charge on any atom is -0.477 e. The molecule has 0 aliphatic heterocycles. The van der Waals surface area contributed by atoms with Crippen LogP contribution in [0.25, 0.3) is 101 Å². The number of aryl methyl sites for hydroxylation is 7. The smallest absolute Gasteiger partial charge is 0.412 e. The van der Waals surface area contributed by atoms with E-state index in [0.717, 1.165) is 89.3 Å². The number of carboxylic acids is 6. The Kier molecular flexibility index (Phi) is 32.4. The number of halogens is 10. The molecule has 13 aromatic heterocycles. The zero-order valence-electron chi connectivity index (χ0n) is 77.1. The van der Waals surface area contributed by atoms with Crippen LogP contribution < -0.4 is 5.32 Å². The highest BCUT2D eigenvalue weighted by Gasteiger charge is 2.29. The largest absolute Gasteiger partial charge is 0.477 e. The van der Waals surface area contributed by atoms with Crippen molar-refractivity contribution in [3.05, 3.63) is 311 Å². The number of non-ortho nitro benzene ring substituents is 2. The van der Waals surface area contributed by atoms with Gasteiger partial charge in [-0.15, -0.1) is 0 Å². The summed E-state index contributed by atoms with van der Waals surface area (Å²) in [5.74, 6) is -11.3. The minimum atomic E-state index is -1.33. The van der Waals surface area contributed by atoms with Gasteiger partial charge < -0.3 is 35.4 Å². The number of fused-ring (bicyclic) bond motifs is 6. The predicted molar refractivity (Wildman–Crippen MR) is 527 cm³/mol. The molecule has 0 spiro atoms. The summed E-state index contributed by atoms with van der Waals surface area (Å²) in [6, 6.07) is 38.0. The normalized spacial score (nSPS) is 11.1. The standard InChI is InChI=1S/C21H24N4O4.C15H11BrClN3O2.C15H10BrF2N3O2.C15H10ClFN4O4.C15H10F2N4O4.C14H11BrN4O2/c1-6-14-10-17(19(26)27)23-18-11-16(24-25(14)18)15-8-7-13(9-12(15)2)22-20(28)29-21(3,4)5;1-2-9-6-13(15(21)22)18-14-7-12(19-20(9)14)10-4-3-8(16)5-11(10)17;1-2-8-5-12(15(22)23)19-13-6-11(20-21(8)13)14-9(17)3-7(16)4-10(14)18;1-2-7-6-11(15(22)23)18-14-12(16)13(19-20(7)14)9-4-3-8(21(24)25)5-10(9)17;1-2-7-6-11(15(22)23)18-14-12(17)13(19-20(7)14)9-4-3-8(21(24)25)5-10(9)16;1-2-9-5-11(14(20)21)17-13-6-10(18-19(9)13)8-3-4-12(15)16-7-8/h7-11H,6H2,1-5H3,(H,22,28)(H,26,27);3-7H,2H2,1H3,(H,21,22);3-6H,2H2,1H3,(H,22,23);2*3-6H,2H2,1H3,(H,22,23);3-7H,2H2,1H3,(H,20,21). The topological polar surface area (TPSA) is 542 Å². The van der Waals surface area contributed by atoms with Crippen LogP contribution >= 0.6 is 71.0 Å². The summed E-state index contributed by atoms with van der Waals surface area (Å²) in [5, 5.41) is 105. The molecule has 7 N–H and O–H groups in total. The van der Waals surface area contributed by atoms with Gasteiger partial charge in [0, 0.05) is 119 Å². The van der Waals surface area contributed by atoms with E-state index in [-0.39, 0.29) is 88.7 Å². The summed E-state index contributed by atoms with van der Waals surface area (Å²) in [7, 11) is 0. The fraction of sp³-hybridized carbons (Fsp3) is 0.179. The highest BCUT2D eigenvalue weighted by atomic mass is 79.9. The zero-order chi connectivity index (χ0) is 106. The first-order valence-electron chi connectivity index (χ1n) is 43.1. The first-order valence-corrected chi connectivity index (χ1v) is 46.2. The second kappa shape index (κ2) is 44.4. The third-order valence-electron chi connectivity index (χ3n) is 21.2. The third-order valence-corrected chi connectivity index (χ3v) is 23.3. The Morgan fingerprint density at radius 3 is 1.17 bits per heavy atom. The van der Waals surface area contributed by atoms with Crippen molar-refractivity contribution >= 4 is 164 Å². The second-order valence-electron chi connectivity index (χ2n) is 32.0. The summed E-state index contributed by atoms with van der Waals surface area (Å²) < 4.78 is 87.2. The van der Waals surface area contributed by atoms with Crippen LogP contribution in [0.3, 0.4) is 0 Å². The maximum atomic E-state index is 14.7.